The van der Waals surface area contributed by atoms with Gasteiger partial charge in [-0.1, -0.05) is 12.1 Å². The summed E-state index contributed by atoms with van der Waals surface area (Å²) in [6.07, 6.45) is 1.39. The number of nitrogens with one attached hydrogen (secondary N) is 1. The average Bonchev–Trinajstić information content (AvgIpc) is 2.53. The Morgan fingerprint density at radius 2 is 2.14 bits per heavy atom. The van der Waals surface area contributed by atoms with Gasteiger partial charge in [-0.25, -0.2) is 4.39 Å². The van der Waals surface area contributed by atoms with Gasteiger partial charge in [-0.15, -0.1) is 11.8 Å². The van der Waals surface area contributed by atoms with Crippen molar-refractivity contribution in [3.8, 4) is 0 Å². The molecular formula is C16H24FN3OS. The third kappa shape index (κ3) is 5.18. The van der Waals surface area contributed by atoms with Gasteiger partial charge in [-0.2, -0.15) is 0 Å². The lowest BCUT2D eigenvalue weighted by Gasteiger charge is -2.32. The molecule has 0 atom stereocenters. The molecule has 4 nitrogen and oxygen atoms in total. The number of hydrogen-bond donors (Lipinski definition) is 2. The van der Waals surface area contributed by atoms with Gasteiger partial charge in [0.1, 0.15) is 5.82 Å². The van der Waals surface area contributed by atoms with Crippen LogP contribution in [0.15, 0.2) is 34.2 Å². The summed E-state index contributed by atoms with van der Waals surface area (Å²) in [4.78, 5) is 7.47. The number of thioether (sulfide) groups is 1. The molecule has 1 fully saturated rings. The molecule has 22 heavy (non-hydrogen) atoms. The second-order valence-corrected chi connectivity index (χ2v) is 6.37. The van der Waals surface area contributed by atoms with Crippen LogP contribution in [0.5, 0.6) is 0 Å². The molecule has 0 saturated carbocycles. The van der Waals surface area contributed by atoms with Crippen molar-refractivity contribution in [2.45, 2.75) is 30.8 Å². The summed E-state index contributed by atoms with van der Waals surface area (Å²) >= 11 is 1.49. The minimum absolute atomic E-state index is 0.173. The maximum absolute atomic E-state index is 13.5. The highest BCUT2D eigenvalue weighted by Gasteiger charge is 2.19. The van der Waals surface area contributed by atoms with Crippen LogP contribution in [0.3, 0.4) is 0 Å². The lowest BCUT2D eigenvalue weighted by atomic mass is 10.1. The smallest absolute Gasteiger partial charge is 0.193 e. The van der Waals surface area contributed by atoms with Crippen molar-refractivity contribution in [1.29, 1.82) is 0 Å². The third-order valence-electron chi connectivity index (χ3n) is 3.55. The first-order valence-corrected chi connectivity index (χ1v) is 8.78. The first-order valence-electron chi connectivity index (χ1n) is 7.79. The second-order valence-electron chi connectivity index (χ2n) is 5.23. The highest BCUT2D eigenvalue weighted by molar-refractivity contribution is 7.99. The van der Waals surface area contributed by atoms with Gasteiger partial charge < -0.3 is 15.3 Å². The zero-order valence-electron chi connectivity index (χ0n) is 13.0. The van der Waals surface area contributed by atoms with Crippen LogP contribution in [0.4, 0.5) is 4.39 Å². The number of likely N-dealkylation sites (tertiary alicyclic amines) is 1. The first-order chi connectivity index (χ1) is 10.7. The zero-order chi connectivity index (χ0) is 15.8. The Balaban J connectivity index is 1.84. The zero-order valence-corrected chi connectivity index (χ0v) is 13.8. The quantitative estimate of drug-likeness (QED) is 0.378. The minimum atomic E-state index is -0.185. The topological polar surface area (TPSA) is 47.9 Å². The molecule has 2 rings (SSSR count). The van der Waals surface area contributed by atoms with E-state index in [1.54, 1.807) is 12.1 Å². The molecule has 0 aromatic heterocycles. The molecule has 1 heterocycles. The van der Waals surface area contributed by atoms with Gasteiger partial charge in [0.15, 0.2) is 5.96 Å². The number of piperidine rings is 1. The van der Waals surface area contributed by atoms with Gasteiger partial charge in [0, 0.05) is 30.3 Å². The third-order valence-corrected chi connectivity index (χ3v) is 4.57. The normalized spacial score (nSPS) is 16.9. The van der Waals surface area contributed by atoms with E-state index in [0.717, 1.165) is 44.2 Å². The van der Waals surface area contributed by atoms with Gasteiger partial charge in [-0.05, 0) is 31.9 Å². The predicted molar refractivity (Wildman–Crippen MR) is 89.9 cm³/mol. The molecule has 6 heteroatoms. The van der Waals surface area contributed by atoms with Crippen molar-refractivity contribution in [2.24, 2.45) is 4.99 Å². The fraction of sp³-hybridized carbons (Fsp3) is 0.562. The second kappa shape index (κ2) is 9.00. The maximum Gasteiger partial charge on any atom is 0.193 e. The summed E-state index contributed by atoms with van der Waals surface area (Å²) in [7, 11) is 0. The molecule has 1 aromatic rings. The van der Waals surface area contributed by atoms with Gasteiger partial charge >= 0.3 is 0 Å². The van der Waals surface area contributed by atoms with Crippen molar-refractivity contribution >= 4 is 17.7 Å². The summed E-state index contributed by atoms with van der Waals surface area (Å²) < 4.78 is 13.5. The Bertz CT molecular complexity index is 490. The highest BCUT2D eigenvalue weighted by Crippen LogP contribution is 2.20. The lowest BCUT2D eigenvalue weighted by Crippen LogP contribution is -2.46. The fourth-order valence-corrected chi connectivity index (χ4v) is 3.16. The number of rotatable bonds is 5. The minimum Gasteiger partial charge on any atom is -0.393 e. The van der Waals surface area contributed by atoms with E-state index in [0.29, 0.717) is 11.4 Å². The van der Waals surface area contributed by atoms with Gasteiger partial charge in [-0.3, -0.25) is 4.99 Å². The van der Waals surface area contributed by atoms with Gasteiger partial charge in [0.2, 0.25) is 0 Å². The van der Waals surface area contributed by atoms with Gasteiger partial charge in [0.05, 0.1) is 12.6 Å². The first kappa shape index (κ1) is 17.1. The fourth-order valence-electron chi connectivity index (χ4n) is 2.37. The standard InChI is InChI=1S/C16H24FN3OS/c1-2-18-16(20-10-7-13(21)8-11-20)19-9-12-22-15-6-4-3-5-14(15)17/h3-6,13,21H,2,7-12H2,1H3,(H,18,19). The number of aliphatic hydroxyl groups excluding tert-OH is 1. The van der Waals surface area contributed by atoms with E-state index in [9.17, 15) is 9.50 Å². The van der Waals surface area contributed by atoms with Crippen LogP contribution < -0.4 is 5.32 Å². The van der Waals surface area contributed by atoms with Crippen LogP contribution in [0, 0.1) is 5.82 Å². The lowest BCUT2D eigenvalue weighted by molar-refractivity contribution is 0.108. The largest absolute Gasteiger partial charge is 0.393 e. The number of hydrogen-bond acceptors (Lipinski definition) is 3. The van der Waals surface area contributed by atoms with Crippen LogP contribution in [0.25, 0.3) is 0 Å². The maximum atomic E-state index is 13.5. The SMILES string of the molecule is CCNC(=NCCSc1ccccc1F)N1CCC(O)CC1. The van der Waals surface area contributed by atoms with Crippen LogP contribution in [-0.2, 0) is 0 Å². The molecule has 2 N–H and O–H groups in total. The van der Waals surface area contributed by atoms with E-state index in [2.05, 4.69) is 15.2 Å². The van der Waals surface area contributed by atoms with E-state index in [4.69, 9.17) is 0 Å². The molecule has 1 aliphatic heterocycles. The molecule has 0 amide bonds. The van der Waals surface area contributed by atoms with Crippen molar-refractivity contribution in [3.05, 3.63) is 30.1 Å². The van der Waals surface area contributed by atoms with Crippen LogP contribution in [-0.4, -0.2) is 54.0 Å². The monoisotopic (exact) mass is 325 g/mol. The highest BCUT2D eigenvalue weighted by atomic mass is 32.2. The van der Waals surface area contributed by atoms with Crippen LogP contribution in [0.2, 0.25) is 0 Å². The number of aliphatic imine (C=N–C) groups is 1. The van der Waals surface area contributed by atoms with Crippen molar-refractivity contribution < 1.29 is 9.50 Å². The molecule has 0 aliphatic carbocycles. The molecule has 0 unspecified atom stereocenters. The number of benzene rings is 1. The van der Waals surface area contributed by atoms with Gasteiger partial charge in [0.25, 0.3) is 0 Å². The Hall–Kier alpha value is -1.27. The average molecular weight is 325 g/mol. The molecule has 0 spiro atoms. The molecule has 1 aliphatic rings. The molecule has 1 saturated heterocycles. The molecule has 0 radical (unpaired) electrons. The number of halogens is 1. The van der Waals surface area contributed by atoms with E-state index in [1.165, 1.54) is 17.8 Å². The number of guanidine groups is 1. The number of aliphatic hydroxyl groups is 1. The Morgan fingerprint density at radius 3 is 2.82 bits per heavy atom. The van der Waals surface area contributed by atoms with Crippen molar-refractivity contribution in [3.63, 3.8) is 0 Å². The van der Waals surface area contributed by atoms with Crippen molar-refractivity contribution in [1.82, 2.24) is 10.2 Å². The predicted octanol–water partition coefficient (Wildman–Crippen LogP) is 2.34. The Morgan fingerprint density at radius 1 is 1.41 bits per heavy atom. The molecule has 0 bridgehead atoms. The Labute approximate surface area is 135 Å². The summed E-state index contributed by atoms with van der Waals surface area (Å²) in [6, 6.07) is 6.82. The summed E-state index contributed by atoms with van der Waals surface area (Å²) in [5.41, 5.74) is 0. The van der Waals surface area contributed by atoms with Crippen LogP contribution in [0.1, 0.15) is 19.8 Å². The summed E-state index contributed by atoms with van der Waals surface area (Å²) in [5, 5.41) is 12.9. The van der Waals surface area contributed by atoms with E-state index in [-0.39, 0.29) is 11.9 Å². The van der Waals surface area contributed by atoms with E-state index < -0.39 is 0 Å². The van der Waals surface area contributed by atoms with Crippen molar-refractivity contribution in [2.75, 3.05) is 31.9 Å². The Kier molecular flexibility index (Phi) is 6.99. The molecule has 122 valence electrons. The summed E-state index contributed by atoms with van der Waals surface area (Å²) in [6.45, 7) is 5.15. The molecular weight excluding hydrogens is 301 g/mol. The van der Waals surface area contributed by atoms with Crippen LogP contribution >= 0.6 is 11.8 Å². The number of nitrogens with zero attached hydrogens (tertiary/aromatic N) is 2. The van der Waals surface area contributed by atoms with E-state index >= 15 is 0 Å². The van der Waals surface area contributed by atoms with E-state index in [1.807, 2.05) is 13.0 Å². The molecule has 1 aromatic carbocycles. The summed E-state index contributed by atoms with van der Waals surface area (Å²) in [5.74, 6) is 1.46.